The molecule has 0 spiro atoms. The van der Waals surface area contributed by atoms with E-state index < -0.39 is 21.7 Å². The fourth-order valence-electron chi connectivity index (χ4n) is 2.42. The van der Waals surface area contributed by atoms with Crippen LogP contribution in [0.15, 0.2) is 27.8 Å². The molecule has 1 unspecified atom stereocenters. The van der Waals surface area contributed by atoms with E-state index in [1.807, 2.05) is 6.92 Å². The van der Waals surface area contributed by atoms with E-state index in [-0.39, 0.29) is 30.6 Å². The van der Waals surface area contributed by atoms with Crippen LogP contribution in [-0.2, 0) is 14.8 Å². The van der Waals surface area contributed by atoms with Gasteiger partial charge in [-0.2, -0.15) is 4.31 Å². The molecule has 0 radical (unpaired) electrons. The van der Waals surface area contributed by atoms with Crippen LogP contribution in [-0.4, -0.2) is 60.0 Å². The largest absolute Gasteiger partial charge is 0.444 e. The average molecular weight is 420 g/mol. The summed E-state index contributed by atoms with van der Waals surface area (Å²) in [5.41, 5.74) is -0.581. The number of carbonyl (C=O) groups is 1. The molecule has 1 aliphatic rings. The van der Waals surface area contributed by atoms with E-state index in [9.17, 15) is 13.2 Å². The summed E-state index contributed by atoms with van der Waals surface area (Å²) in [6, 6.07) is 1.25. The second-order valence-electron chi connectivity index (χ2n) is 6.72. The van der Waals surface area contributed by atoms with Gasteiger partial charge in [-0.25, -0.2) is 13.2 Å². The lowest BCUT2D eigenvalue weighted by molar-refractivity contribution is 0.00859. The van der Waals surface area contributed by atoms with Crippen molar-refractivity contribution in [1.29, 1.82) is 0 Å². The van der Waals surface area contributed by atoms with Gasteiger partial charge in [0.05, 0.1) is 0 Å². The summed E-state index contributed by atoms with van der Waals surface area (Å²) in [7, 11) is -3.64. The van der Waals surface area contributed by atoms with Crippen LogP contribution in [0.4, 0.5) is 4.79 Å². The van der Waals surface area contributed by atoms with Crippen LogP contribution in [0.25, 0.3) is 0 Å². The van der Waals surface area contributed by atoms with Gasteiger partial charge in [-0.05, 0) is 49.7 Å². The van der Waals surface area contributed by atoms with Gasteiger partial charge in [0.25, 0.3) is 0 Å². The topological polar surface area (TPSA) is 79.8 Å². The summed E-state index contributed by atoms with van der Waals surface area (Å²) >= 11 is 3.23. The lowest BCUT2D eigenvalue weighted by Gasteiger charge is -2.39. The minimum atomic E-state index is -3.64. The molecule has 1 aromatic rings. The van der Waals surface area contributed by atoms with E-state index in [2.05, 4.69) is 20.9 Å². The monoisotopic (exact) mass is 419 g/mol. The van der Waals surface area contributed by atoms with Crippen LogP contribution in [0.3, 0.4) is 0 Å². The molecular weight excluding hydrogens is 398 g/mol. The zero-order valence-electron chi connectivity index (χ0n) is 14.2. The van der Waals surface area contributed by atoms with Gasteiger partial charge in [-0.3, -0.25) is 4.98 Å². The minimum Gasteiger partial charge on any atom is -0.444 e. The maximum Gasteiger partial charge on any atom is 0.410 e. The second kappa shape index (κ2) is 6.97. The summed E-state index contributed by atoms with van der Waals surface area (Å²) in [6.07, 6.45) is 2.43. The maximum atomic E-state index is 12.7. The summed E-state index contributed by atoms with van der Waals surface area (Å²) in [4.78, 5) is 17.8. The number of halogens is 1. The smallest absolute Gasteiger partial charge is 0.410 e. The first-order valence-electron chi connectivity index (χ1n) is 7.61. The van der Waals surface area contributed by atoms with Crippen LogP contribution < -0.4 is 0 Å². The highest BCUT2D eigenvalue weighted by Crippen LogP contribution is 2.23. The molecule has 0 N–H and O–H groups in total. The molecule has 9 heteroatoms. The summed E-state index contributed by atoms with van der Waals surface area (Å²) < 4.78 is 32.8. The van der Waals surface area contributed by atoms with Gasteiger partial charge >= 0.3 is 6.09 Å². The van der Waals surface area contributed by atoms with Crippen molar-refractivity contribution in [3.8, 4) is 0 Å². The molecule has 7 nitrogen and oxygen atoms in total. The quantitative estimate of drug-likeness (QED) is 0.735. The van der Waals surface area contributed by atoms with Gasteiger partial charge in [-0.15, -0.1) is 0 Å². The highest BCUT2D eigenvalue weighted by atomic mass is 79.9. The fourth-order valence-corrected chi connectivity index (χ4v) is 4.44. The number of hydrogen-bond acceptors (Lipinski definition) is 5. The van der Waals surface area contributed by atoms with E-state index in [0.29, 0.717) is 4.47 Å². The molecule has 1 atom stereocenters. The van der Waals surface area contributed by atoms with Crippen molar-refractivity contribution in [2.24, 2.45) is 0 Å². The molecule has 0 aliphatic carbocycles. The van der Waals surface area contributed by atoms with Gasteiger partial charge in [0.2, 0.25) is 10.0 Å². The van der Waals surface area contributed by atoms with E-state index in [1.54, 1.807) is 25.7 Å². The third-order valence-corrected chi connectivity index (χ3v) is 5.80. The van der Waals surface area contributed by atoms with Crippen molar-refractivity contribution >= 4 is 32.0 Å². The Balaban J connectivity index is 2.11. The van der Waals surface area contributed by atoms with Crippen LogP contribution in [0.1, 0.15) is 27.7 Å². The Morgan fingerprint density at radius 2 is 2.00 bits per heavy atom. The molecule has 0 bridgehead atoms. The van der Waals surface area contributed by atoms with Gasteiger partial charge in [0.1, 0.15) is 10.5 Å². The first-order chi connectivity index (χ1) is 11.0. The normalized spacial score (nSPS) is 20.0. The number of piperazine rings is 1. The highest BCUT2D eigenvalue weighted by Gasteiger charge is 2.36. The standard InChI is InChI=1S/C15H22BrN3O4S/c1-11-10-18(5-6-19(11)14(20)23-15(2,3)4)24(21,22)13-7-12(16)8-17-9-13/h7-9,11H,5-6,10H2,1-4H3. The zero-order valence-corrected chi connectivity index (χ0v) is 16.6. The molecule has 0 aromatic carbocycles. The van der Waals surface area contributed by atoms with E-state index >= 15 is 0 Å². The molecule has 1 aliphatic heterocycles. The van der Waals surface area contributed by atoms with E-state index in [4.69, 9.17) is 4.74 Å². The number of carbonyl (C=O) groups excluding carboxylic acids is 1. The Hall–Kier alpha value is -1.19. The molecule has 24 heavy (non-hydrogen) atoms. The average Bonchev–Trinajstić information content (AvgIpc) is 2.45. The number of rotatable bonds is 2. The molecular formula is C15H22BrN3O4S. The predicted octanol–water partition coefficient (Wildman–Crippen LogP) is 2.47. The summed E-state index contributed by atoms with van der Waals surface area (Å²) in [5.74, 6) is 0. The molecule has 134 valence electrons. The summed E-state index contributed by atoms with van der Waals surface area (Å²) in [5, 5.41) is 0. The number of sulfonamides is 1. The second-order valence-corrected chi connectivity index (χ2v) is 9.58. The van der Waals surface area contributed by atoms with Crippen molar-refractivity contribution in [3.05, 3.63) is 22.9 Å². The number of hydrogen-bond donors (Lipinski definition) is 0. The van der Waals surface area contributed by atoms with Crippen LogP contribution >= 0.6 is 15.9 Å². The van der Waals surface area contributed by atoms with Gasteiger partial charge in [0.15, 0.2) is 0 Å². The lowest BCUT2D eigenvalue weighted by atomic mass is 10.2. The van der Waals surface area contributed by atoms with Gasteiger partial charge in [-0.1, -0.05) is 0 Å². The minimum absolute atomic E-state index is 0.134. The molecule has 1 aromatic heterocycles. The number of ether oxygens (including phenoxy) is 1. The number of pyridine rings is 1. The fraction of sp³-hybridized carbons (Fsp3) is 0.600. The molecule has 2 heterocycles. The third kappa shape index (κ3) is 4.46. The van der Waals surface area contributed by atoms with Crippen molar-refractivity contribution in [2.75, 3.05) is 19.6 Å². The first-order valence-corrected chi connectivity index (χ1v) is 9.84. The molecule has 0 saturated carbocycles. The first kappa shape index (κ1) is 19.1. The number of nitrogens with zero attached hydrogens (tertiary/aromatic N) is 3. The van der Waals surface area contributed by atoms with E-state index in [1.165, 1.54) is 22.8 Å². The van der Waals surface area contributed by atoms with Crippen molar-refractivity contribution < 1.29 is 17.9 Å². The van der Waals surface area contributed by atoms with Crippen LogP contribution in [0, 0.1) is 0 Å². The Bertz CT molecular complexity index is 718. The highest BCUT2D eigenvalue weighted by molar-refractivity contribution is 9.10. The van der Waals surface area contributed by atoms with E-state index in [0.717, 1.165) is 0 Å². The third-order valence-electron chi connectivity index (χ3n) is 3.54. The number of amides is 1. The van der Waals surface area contributed by atoms with Gasteiger partial charge < -0.3 is 9.64 Å². The van der Waals surface area contributed by atoms with Crippen molar-refractivity contribution in [3.63, 3.8) is 0 Å². The maximum absolute atomic E-state index is 12.7. The SMILES string of the molecule is CC1CN(S(=O)(=O)c2cncc(Br)c2)CCN1C(=O)OC(C)(C)C. The Morgan fingerprint density at radius 1 is 1.33 bits per heavy atom. The summed E-state index contributed by atoms with van der Waals surface area (Å²) in [6.45, 7) is 7.94. The zero-order chi connectivity index (χ0) is 18.1. The predicted molar refractivity (Wildman–Crippen MR) is 93.1 cm³/mol. The molecule has 1 saturated heterocycles. The van der Waals surface area contributed by atoms with Crippen molar-refractivity contribution in [1.82, 2.24) is 14.2 Å². The Labute approximate surface area is 151 Å². The molecule has 2 rings (SSSR count). The van der Waals surface area contributed by atoms with Crippen LogP contribution in [0.2, 0.25) is 0 Å². The molecule has 1 amide bonds. The number of aromatic nitrogens is 1. The van der Waals surface area contributed by atoms with Crippen LogP contribution in [0.5, 0.6) is 0 Å². The Kier molecular flexibility index (Phi) is 5.56. The molecule has 1 fully saturated rings. The lowest BCUT2D eigenvalue weighted by Crippen LogP contribution is -2.56. The van der Waals surface area contributed by atoms with Gasteiger partial charge in [0, 0.05) is 42.5 Å². The van der Waals surface area contributed by atoms with Crippen molar-refractivity contribution in [2.45, 2.75) is 44.2 Å². The Morgan fingerprint density at radius 3 is 2.54 bits per heavy atom.